The van der Waals surface area contributed by atoms with Crippen LogP contribution in [0.1, 0.15) is 22.7 Å². The largest absolute Gasteiger partial charge is 0.465 e. The molecule has 0 spiro atoms. The van der Waals surface area contributed by atoms with Crippen LogP contribution >= 0.6 is 0 Å². The second-order valence-corrected chi connectivity index (χ2v) is 4.55. The number of hydrogen-bond donors (Lipinski definition) is 3. The number of nitrogens with two attached hydrogens (primary N) is 1. The maximum Gasteiger partial charge on any atom is 0.410 e. The van der Waals surface area contributed by atoms with Crippen LogP contribution in [0.4, 0.5) is 10.6 Å². The van der Waals surface area contributed by atoms with Crippen LogP contribution in [0.2, 0.25) is 0 Å². The van der Waals surface area contributed by atoms with Gasteiger partial charge in [-0.3, -0.25) is 10.1 Å². The normalized spacial score (nSPS) is 11.7. The lowest BCUT2D eigenvalue weighted by Gasteiger charge is -2.16. The van der Waals surface area contributed by atoms with E-state index in [4.69, 9.17) is 10.8 Å². The zero-order valence-corrected chi connectivity index (χ0v) is 11.4. The second kappa shape index (κ2) is 6.04. The fourth-order valence-corrected chi connectivity index (χ4v) is 2.20. The molecule has 0 aliphatic heterocycles. The second-order valence-electron chi connectivity index (χ2n) is 4.55. The van der Waals surface area contributed by atoms with Crippen molar-refractivity contribution in [2.45, 2.75) is 12.8 Å². The highest BCUT2D eigenvalue weighted by atomic mass is 16.4. The maximum absolute atomic E-state index is 11.8. The third-order valence-electron chi connectivity index (χ3n) is 3.09. The summed E-state index contributed by atoms with van der Waals surface area (Å²) in [5.41, 5.74) is 7.49. The van der Waals surface area contributed by atoms with E-state index in [1.807, 2.05) is 30.3 Å². The minimum Gasteiger partial charge on any atom is -0.465 e. The molecule has 6 heteroatoms. The quantitative estimate of drug-likeness (QED) is 0.799. The first-order valence-electron chi connectivity index (χ1n) is 6.31. The standard InChI is InChI=1S/C15H15N3O3/c1-9-11(7-8-12(17-9)18-15(20)21)13(14(16)19)10-5-3-2-4-6-10/h2-8,13H,1H3,(H2,16,19)(H,17,18)(H,20,21). The van der Waals surface area contributed by atoms with Crippen molar-refractivity contribution in [3.05, 3.63) is 59.3 Å². The third-order valence-corrected chi connectivity index (χ3v) is 3.09. The molecule has 0 fully saturated rings. The molecule has 0 saturated heterocycles. The van der Waals surface area contributed by atoms with Crippen LogP contribution in [0.15, 0.2) is 42.5 Å². The lowest BCUT2D eigenvalue weighted by atomic mass is 9.90. The summed E-state index contributed by atoms with van der Waals surface area (Å²) in [5.74, 6) is -0.886. The van der Waals surface area contributed by atoms with Gasteiger partial charge in [0.1, 0.15) is 5.82 Å². The van der Waals surface area contributed by atoms with Gasteiger partial charge in [0.2, 0.25) is 5.91 Å². The predicted octanol–water partition coefficient (Wildman–Crippen LogP) is 2.10. The molecule has 1 heterocycles. The Morgan fingerprint density at radius 1 is 1.19 bits per heavy atom. The molecule has 0 saturated carbocycles. The highest BCUT2D eigenvalue weighted by Crippen LogP contribution is 2.27. The first-order valence-corrected chi connectivity index (χ1v) is 6.31. The first-order chi connectivity index (χ1) is 9.99. The minimum absolute atomic E-state index is 0.208. The lowest BCUT2D eigenvalue weighted by Crippen LogP contribution is -2.23. The van der Waals surface area contributed by atoms with Crippen molar-refractivity contribution in [3.8, 4) is 0 Å². The SMILES string of the molecule is Cc1nc(NC(=O)O)ccc1C(C(N)=O)c1ccccc1. The highest BCUT2D eigenvalue weighted by molar-refractivity contribution is 5.86. The highest BCUT2D eigenvalue weighted by Gasteiger charge is 2.22. The molecule has 0 radical (unpaired) electrons. The number of pyridine rings is 1. The Morgan fingerprint density at radius 2 is 1.86 bits per heavy atom. The number of carbonyl (C=O) groups is 2. The van der Waals surface area contributed by atoms with Crippen molar-refractivity contribution in [1.29, 1.82) is 0 Å². The number of rotatable bonds is 4. The van der Waals surface area contributed by atoms with E-state index in [-0.39, 0.29) is 5.82 Å². The molecule has 4 N–H and O–H groups in total. The topological polar surface area (TPSA) is 105 Å². The third kappa shape index (κ3) is 3.36. The zero-order valence-electron chi connectivity index (χ0n) is 11.4. The van der Waals surface area contributed by atoms with Crippen LogP contribution < -0.4 is 11.1 Å². The molecule has 1 atom stereocenters. The molecular formula is C15H15N3O3. The van der Waals surface area contributed by atoms with Gasteiger partial charge in [0, 0.05) is 5.69 Å². The number of carboxylic acid groups (broad SMARTS) is 1. The van der Waals surface area contributed by atoms with Crippen LogP contribution in [-0.2, 0) is 4.79 Å². The molecule has 2 amide bonds. The molecule has 2 aromatic rings. The molecule has 1 unspecified atom stereocenters. The molecule has 6 nitrogen and oxygen atoms in total. The van der Waals surface area contributed by atoms with Crippen molar-refractivity contribution in [3.63, 3.8) is 0 Å². The monoisotopic (exact) mass is 285 g/mol. The van der Waals surface area contributed by atoms with E-state index in [1.54, 1.807) is 13.0 Å². The van der Waals surface area contributed by atoms with Crippen LogP contribution in [0.5, 0.6) is 0 Å². The van der Waals surface area contributed by atoms with Gasteiger partial charge < -0.3 is 10.8 Å². The average molecular weight is 285 g/mol. The van der Waals surface area contributed by atoms with E-state index in [9.17, 15) is 9.59 Å². The van der Waals surface area contributed by atoms with Crippen LogP contribution in [0.3, 0.4) is 0 Å². The Labute approximate surface area is 121 Å². The molecule has 1 aromatic heterocycles. The van der Waals surface area contributed by atoms with Gasteiger partial charge in [-0.25, -0.2) is 9.78 Å². The number of anilines is 1. The number of amides is 2. The zero-order chi connectivity index (χ0) is 15.4. The number of nitrogens with zero attached hydrogens (tertiary/aromatic N) is 1. The number of primary amides is 1. The summed E-state index contributed by atoms with van der Waals surface area (Å²) >= 11 is 0. The number of carbonyl (C=O) groups excluding carboxylic acids is 1. The average Bonchev–Trinajstić information content (AvgIpc) is 2.42. The number of benzene rings is 1. The minimum atomic E-state index is -1.19. The summed E-state index contributed by atoms with van der Waals surface area (Å²) in [7, 11) is 0. The molecule has 21 heavy (non-hydrogen) atoms. The Balaban J connectivity index is 2.42. The van der Waals surface area contributed by atoms with Gasteiger partial charge >= 0.3 is 6.09 Å². The van der Waals surface area contributed by atoms with E-state index in [1.165, 1.54) is 6.07 Å². The molecule has 0 aliphatic rings. The van der Waals surface area contributed by atoms with Crippen molar-refractivity contribution in [2.24, 2.45) is 5.73 Å². The van der Waals surface area contributed by atoms with E-state index in [2.05, 4.69) is 10.3 Å². The summed E-state index contributed by atoms with van der Waals surface area (Å²) in [6.45, 7) is 1.71. The number of hydrogen-bond acceptors (Lipinski definition) is 3. The van der Waals surface area contributed by atoms with Crippen molar-refractivity contribution >= 4 is 17.8 Å². The van der Waals surface area contributed by atoms with Gasteiger partial charge in [0.25, 0.3) is 0 Å². The van der Waals surface area contributed by atoms with Gasteiger partial charge in [-0.1, -0.05) is 36.4 Å². The van der Waals surface area contributed by atoms with Gasteiger partial charge in [0.15, 0.2) is 0 Å². The summed E-state index contributed by atoms with van der Waals surface area (Å²) < 4.78 is 0. The molecule has 108 valence electrons. The van der Waals surface area contributed by atoms with E-state index in [0.29, 0.717) is 11.3 Å². The fourth-order valence-electron chi connectivity index (χ4n) is 2.20. The molecule has 0 aliphatic carbocycles. The van der Waals surface area contributed by atoms with Crippen LogP contribution in [0, 0.1) is 6.92 Å². The van der Waals surface area contributed by atoms with Gasteiger partial charge in [-0.15, -0.1) is 0 Å². The van der Waals surface area contributed by atoms with E-state index < -0.39 is 17.9 Å². The smallest absolute Gasteiger partial charge is 0.410 e. The van der Waals surface area contributed by atoms with Crippen LogP contribution in [0.25, 0.3) is 0 Å². The lowest BCUT2D eigenvalue weighted by molar-refractivity contribution is -0.118. The first kappa shape index (κ1) is 14.5. The number of aryl methyl sites for hydroxylation is 1. The molecule has 2 rings (SSSR count). The predicted molar refractivity (Wildman–Crippen MR) is 78.1 cm³/mol. The van der Waals surface area contributed by atoms with Crippen molar-refractivity contribution in [1.82, 2.24) is 4.98 Å². The van der Waals surface area contributed by atoms with Crippen molar-refractivity contribution < 1.29 is 14.7 Å². The molecule has 0 bridgehead atoms. The Hall–Kier alpha value is -2.89. The summed E-state index contributed by atoms with van der Waals surface area (Å²) in [4.78, 5) is 26.5. The van der Waals surface area contributed by atoms with Crippen molar-refractivity contribution in [2.75, 3.05) is 5.32 Å². The number of aromatic nitrogens is 1. The van der Waals surface area contributed by atoms with Crippen LogP contribution in [-0.4, -0.2) is 22.1 Å². The van der Waals surface area contributed by atoms with Gasteiger partial charge in [0.05, 0.1) is 5.92 Å². The Kier molecular flexibility index (Phi) is 4.18. The summed E-state index contributed by atoms with van der Waals surface area (Å²) in [6.07, 6.45) is -1.19. The van der Waals surface area contributed by atoms with E-state index in [0.717, 1.165) is 5.56 Å². The van der Waals surface area contributed by atoms with E-state index >= 15 is 0 Å². The molecule has 1 aromatic carbocycles. The summed E-state index contributed by atoms with van der Waals surface area (Å²) in [5, 5.41) is 10.8. The fraction of sp³-hybridized carbons (Fsp3) is 0.133. The Morgan fingerprint density at radius 3 is 2.38 bits per heavy atom. The maximum atomic E-state index is 11.8. The number of nitrogens with one attached hydrogen (secondary N) is 1. The molecular weight excluding hydrogens is 270 g/mol. The van der Waals surface area contributed by atoms with Gasteiger partial charge in [-0.05, 0) is 24.1 Å². The summed E-state index contributed by atoms with van der Waals surface area (Å²) in [6, 6.07) is 12.3. The Bertz CT molecular complexity index is 671. The van der Waals surface area contributed by atoms with Gasteiger partial charge in [-0.2, -0.15) is 0 Å².